The van der Waals surface area contributed by atoms with E-state index in [9.17, 15) is 4.79 Å². The van der Waals surface area contributed by atoms with Crippen molar-refractivity contribution in [3.63, 3.8) is 0 Å². The Balaban J connectivity index is 2.74. The van der Waals surface area contributed by atoms with Crippen molar-refractivity contribution < 1.29 is 14.6 Å². The number of ether oxygens (including phenoxy) is 1. The summed E-state index contributed by atoms with van der Waals surface area (Å²) in [5.41, 5.74) is 0.832. The van der Waals surface area contributed by atoms with Crippen LogP contribution in [-0.2, 0) is 11.2 Å². The van der Waals surface area contributed by atoms with Crippen LogP contribution in [0.3, 0.4) is 0 Å². The minimum atomic E-state index is -1.01. The van der Waals surface area contributed by atoms with Gasteiger partial charge in [-0.15, -0.1) is 11.6 Å². The third-order valence-corrected chi connectivity index (χ3v) is 2.44. The van der Waals surface area contributed by atoms with E-state index in [2.05, 4.69) is 0 Å². The number of hydrogen-bond acceptors (Lipinski definition) is 2. The SMILES string of the molecule is CCCOc1ccccc1CC(Cl)C(=O)O. The molecule has 0 radical (unpaired) electrons. The van der Waals surface area contributed by atoms with Gasteiger partial charge in [0.15, 0.2) is 0 Å². The number of rotatable bonds is 6. The minimum absolute atomic E-state index is 0.275. The van der Waals surface area contributed by atoms with E-state index in [0.29, 0.717) is 6.61 Å². The van der Waals surface area contributed by atoms with Crippen LogP contribution < -0.4 is 4.74 Å². The van der Waals surface area contributed by atoms with Gasteiger partial charge in [-0.2, -0.15) is 0 Å². The van der Waals surface area contributed by atoms with Crippen LogP contribution in [0.25, 0.3) is 0 Å². The fraction of sp³-hybridized carbons (Fsp3) is 0.417. The van der Waals surface area contributed by atoms with Crippen molar-refractivity contribution in [1.29, 1.82) is 0 Å². The molecule has 16 heavy (non-hydrogen) atoms. The van der Waals surface area contributed by atoms with E-state index in [1.165, 1.54) is 0 Å². The molecule has 0 fully saturated rings. The second kappa shape index (κ2) is 6.38. The van der Waals surface area contributed by atoms with Crippen LogP contribution >= 0.6 is 11.6 Å². The van der Waals surface area contributed by atoms with E-state index in [0.717, 1.165) is 17.7 Å². The van der Waals surface area contributed by atoms with Gasteiger partial charge in [-0.05, 0) is 18.1 Å². The maximum Gasteiger partial charge on any atom is 0.321 e. The lowest BCUT2D eigenvalue weighted by molar-refractivity contribution is -0.136. The molecule has 0 aliphatic heterocycles. The lowest BCUT2D eigenvalue weighted by Crippen LogP contribution is -2.16. The lowest BCUT2D eigenvalue weighted by Gasteiger charge is -2.11. The summed E-state index contributed by atoms with van der Waals surface area (Å²) in [5.74, 6) is -0.289. The van der Waals surface area contributed by atoms with Crippen molar-refractivity contribution in [2.75, 3.05) is 6.61 Å². The van der Waals surface area contributed by atoms with Gasteiger partial charge in [0.2, 0.25) is 0 Å². The zero-order chi connectivity index (χ0) is 12.0. The number of alkyl halides is 1. The van der Waals surface area contributed by atoms with Gasteiger partial charge >= 0.3 is 5.97 Å². The van der Waals surface area contributed by atoms with Crippen LogP contribution in [0.1, 0.15) is 18.9 Å². The van der Waals surface area contributed by atoms with Crippen LogP contribution in [0.15, 0.2) is 24.3 Å². The minimum Gasteiger partial charge on any atom is -0.493 e. The number of carboxylic acids is 1. The van der Waals surface area contributed by atoms with Crippen molar-refractivity contribution in [3.05, 3.63) is 29.8 Å². The largest absolute Gasteiger partial charge is 0.493 e. The summed E-state index contributed by atoms with van der Waals surface area (Å²) in [5, 5.41) is 7.83. The van der Waals surface area contributed by atoms with Crippen LogP contribution in [0.2, 0.25) is 0 Å². The van der Waals surface area contributed by atoms with Crippen LogP contribution in [0.5, 0.6) is 5.75 Å². The standard InChI is InChI=1S/C12H15ClO3/c1-2-7-16-11-6-4-3-5-9(11)8-10(13)12(14)15/h3-6,10H,2,7-8H2,1H3,(H,14,15). The molecule has 0 amide bonds. The Labute approximate surface area is 100.0 Å². The van der Waals surface area contributed by atoms with Crippen LogP contribution in [-0.4, -0.2) is 23.1 Å². The van der Waals surface area contributed by atoms with Crippen molar-refractivity contribution in [2.45, 2.75) is 25.1 Å². The molecule has 1 rings (SSSR count). The molecule has 0 heterocycles. The molecule has 0 aliphatic rings. The molecular weight excluding hydrogens is 228 g/mol. The molecule has 3 nitrogen and oxygen atoms in total. The summed E-state index contributed by atoms with van der Waals surface area (Å²) < 4.78 is 5.52. The number of carbonyl (C=O) groups is 1. The van der Waals surface area contributed by atoms with Crippen molar-refractivity contribution in [3.8, 4) is 5.75 Å². The number of para-hydroxylation sites is 1. The number of hydrogen-bond donors (Lipinski definition) is 1. The molecule has 0 saturated carbocycles. The van der Waals surface area contributed by atoms with Gasteiger partial charge in [0.05, 0.1) is 6.61 Å². The maximum atomic E-state index is 10.7. The van der Waals surface area contributed by atoms with E-state index in [4.69, 9.17) is 21.4 Å². The van der Waals surface area contributed by atoms with Gasteiger partial charge in [0.1, 0.15) is 11.1 Å². The Hall–Kier alpha value is -1.22. The average Bonchev–Trinajstić information content (AvgIpc) is 2.27. The molecule has 1 aromatic carbocycles. The number of benzene rings is 1. The van der Waals surface area contributed by atoms with Crippen molar-refractivity contribution in [2.24, 2.45) is 0 Å². The normalized spacial score (nSPS) is 12.1. The topological polar surface area (TPSA) is 46.5 Å². The third kappa shape index (κ3) is 3.74. The highest BCUT2D eigenvalue weighted by Gasteiger charge is 2.16. The van der Waals surface area contributed by atoms with E-state index in [1.807, 2.05) is 31.2 Å². The van der Waals surface area contributed by atoms with Gasteiger partial charge in [0.25, 0.3) is 0 Å². The Morgan fingerprint density at radius 2 is 2.19 bits per heavy atom. The fourth-order valence-electron chi connectivity index (χ4n) is 1.31. The number of halogens is 1. The fourth-order valence-corrected chi connectivity index (χ4v) is 1.47. The second-order valence-corrected chi connectivity index (χ2v) is 3.99. The van der Waals surface area contributed by atoms with Gasteiger partial charge in [0, 0.05) is 6.42 Å². The van der Waals surface area contributed by atoms with E-state index < -0.39 is 11.3 Å². The highest BCUT2D eigenvalue weighted by Crippen LogP contribution is 2.21. The first kappa shape index (κ1) is 12.8. The zero-order valence-corrected chi connectivity index (χ0v) is 9.91. The van der Waals surface area contributed by atoms with E-state index in [1.54, 1.807) is 0 Å². The molecule has 1 atom stereocenters. The van der Waals surface area contributed by atoms with Crippen molar-refractivity contribution >= 4 is 17.6 Å². The van der Waals surface area contributed by atoms with Gasteiger partial charge in [-0.25, -0.2) is 0 Å². The number of aliphatic carboxylic acids is 1. The zero-order valence-electron chi connectivity index (χ0n) is 9.15. The monoisotopic (exact) mass is 242 g/mol. The lowest BCUT2D eigenvalue weighted by atomic mass is 10.1. The van der Waals surface area contributed by atoms with Crippen LogP contribution in [0.4, 0.5) is 0 Å². The highest BCUT2D eigenvalue weighted by atomic mass is 35.5. The van der Waals surface area contributed by atoms with Gasteiger partial charge in [-0.1, -0.05) is 25.1 Å². The molecule has 0 aliphatic carbocycles. The van der Waals surface area contributed by atoms with Crippen molar-refractivity contribution in [1.82, 2.24) is 0 Å². The van der Waals surface area contributed by atoms with Gasteiger partial charge in [-0.3, -0.25) is 4.79 Å². The first-order valence-electron chi connectivity index (χ1n) is 5.22. The Bertz CT molecular complexity index is 352. The Morgan fingerprint density at radius 1 is 1.50 bits per heavy atom. The molecule has 0 spiro atoms. The summed E-state index contributed by atoms with van der Waals surface area (Å²) >= 11 is 5.70. The smallest absolute Gasteiger partial charge is 0.321 e. The van der Waals surface area contributed by atoms with E-state index in [-0.39, 0.29) is 6.42 Å². The van der Waals surface area contributed by atoms with Gasteiger partial charge < -0.3 is 9.84 Å². The molecule has 0 bridgehead atoms. The molecule has 1 N–H and O–H groups in total. The highest BCUT2D eigenvalue weighted by molar-refractivity contribution is 6.29. The maximum absolute atomic E-state index is 10.7. The van der Waals surface area contributed by atoms with Crippen LogP contribution in [0, 0.1) is 0 Å². The molecule has 4 heteroatoms. The summed E-state index contributed by atoms with van der Waals surface area (Å²) in [6, 6.07) is 7.37. The molecule has 88 valence electrons. The predicted octanol–water partition coefficient (Wildman–Crippen LogP) is 2.71. The quantitative estimate of drug-likeness (QED) is 0.781. The molecule has 1 unspecified atom stereocenters. The first-order valence-corrected chi connectivity index (χ1v) is 5.66. The predicted molar refractivity (Wildman–Crippen MR) is 63.2 cm³/mol. The molecular formula is C12H15ClO3. The molecule has 0 aromatic heterocycles. The number of carboxylic acid groups (broad SMARTS) is 1. The third-order valence-electron chi connectivity index (χ3n) is 2.10. The summed E-state index contributed by atoms with van der Waals surface area (Å²) in [4.78, 5) is 10.7. The van der Waals surface area contributed by atoms with E-state index >= 15 is 0 Å². The molecule has 1 aromatic rings. The molecule has 0 saturated heterocycles. The Morgan fingerprint density at radius 3 is 2.81 bits per heavy atom. The second-order valence-electron chi connectivity index (χ2n) is 3.47. The summed E-state index contributed by atoms with van der Waals surface area (Å²) in [7, 11) is 0. The average molecular weight is 243 g/mol. The Kier molecular flexibility index (Phi) is 5.12. The summed E-state index contributed by atoms with van der Waals surface area (Å²) in [6.07, 6.45) is 1.19. The summed E-state index contributed by atoms with van der Waals surface area (Å²) in [6.45, 7) is 2.64. The first-order chi connectivity index (χ1) is 7.65.